The summed E-state index contributed by atoms with van der Waals surface area (Å²) in [5.41, 5.74) is 0. The van der Waals surface area contributed by atoms with E-state index in [4.69, 9.17) is 5.11 Å². The SMILES string of the molecule is OCC[C@@H]1CN2C[C@H](O)C[C@H]2CN1. The highest BCUT2D eigenvalue weighted by atomic mass is 16.3. The first-order valence-electron chi connectivity index (χ1n) is 5.06. The van der Waals surface area contributed by atoms with Gasteiger partial charge < -0.3 is 15.5 Å². The van der Waals surface area contributed by atoms with Crippen LogP contribution in [0.5, 0.6) is 0 Å². The average Bonchev–Trinajstić information content (AvgIpc) is 2.44. The van der Waals surface area contributed by atoms with E-state index in [1.807, 2.05) is 0 Å². The molecule has 2 fully saturated rings. The minimum absolute atomic E-state index is 0.139. The molecule has 3 atom stereocenters. The second-order valence-corrected chi connectivity index (χ2v) is 4.11. The van der Waals surface area contributed by atoms with E-state index < -0.39 is 0 Å². The maximum absolute atomic E-state index is 9.46. The zero-order chi connectivity index (χ0) is 9.26. The van der Waals surface area contributed by atoms with E-state index >= 15 is 0 Å². The molecular formula is C9H18N2O2. The molecule has 76 valence electrons. The van der Waals surface area contributed by atoms with Crippen molar-refractivity contribution in [1.29, 1.82) is 0 Å². The first kappa shape index (κ1) is 9.40. The Morgan fingerprint density at radius 1 is 1.38 bits per heavy atom. The van der Waals surface area contributed by atoms with Gasteiger partial charge in [0.05, 0.1) is 6.10 Å². The van der Waals surface area contributed by atoms with Gasteiger partial charge in [0.2, 0.25) is 0 Å². The number of fused-ring (bicyclic) bond motifs is 1. The predicted octanol–water partition coefficient (Wildman–Crippen LogP) is -1.22. The van der Waals surface area contributed by atoms with Gasteiger partial charge in [0.1, 0.15) is 0 Å². The molecule has 0 saturated carbocycles. The zero-order valence-electron chi connectivity index (χ0n) is 7.82. The van der Waals surface area contributed by atoms with Crippen LogP contribution in [0.25, 0.3) is 0 Å². The number of hydrogen-bond acceptors (Lipinski definition) is 4. The van der Waals surface area contributed by atoms with E-state index in [9.17, 15) is 5.11 Å². The Labute approximate surface area is 78.5 Å². The van der Waals surface area contributed by atoms with Crippen LogP contribution in [0.4, 0.5) is 0 Å². The Bertz CT molecular complexity index is 177. The van der Waals surface area contributed by atoms with E-state index in [0.717, 1.165) is 32.5 Å². The molecule has 0 radical (unpaired) electrons. The molecule has 0 amide bonds. The van der Waals surface area contributed by atoms with Gasteiger partial charge in [-0.3, -0.25) is 4.90 Å². The molecule has 13 heavy (non-hydrogen) atoms. The minimum atomic E-state index is -0.139. The maximum Gasteiger partial charge on any atom is 0.0682 e. The van der Waals surface area contributed by atoms with Crippen LogP contribution in [0.1, 0.15) is 12.8 Å². The lowest BCUT2D eigenvalue weighted by Crippen LogP contribution is -2.54. The molecule has 0 aromatic carbocycles. The van der Waals surface area contributed by atoms with Gasteiger partial charge in [0.15, 0.2) is 0 Å². The standard InChI is InChI=1S/C9H18N2O2/c12-2-1-7-5-11-6-9(13)3-8(11)4-10-7/h7-10,12-13H,1-6H2/t7-,8+,9-/m1/s1. The highest BCUT2D eigenvalue weighted by Crippen LogP contribution is 2.20. The highest BCUT2D eigenvalue weighted by Gasteiger charge is 2.35. The molecule has 2 rings (SSSR count). The van der Waals surface area contributed by atoms with Gasteiger partial charge in [-0.1, -0.05) is 0 Å². The third-order valence-corrected chi connectivity index (χ3v) is 3.08. The van der Waals surface area contributed by atoms with Gasteiger partial charge >= 0.3 is 0 Å². The molecule has 0 aromatic rings. The predicted molar refractivity (Wildman–Crippen MR) is 49.5 cm³/mol. The van der Waals surface area contributed by atoms with E-state index in [0.29, 0.717) is 12.1 Å². The molecule has 3 N–H and O–H groups in total. The van der Waals surface area contributed by atoms with Crippen molar-refractivity contribution in [2.75, 3.05) is 26.2 Å². The molecule has 2 heterocycles. The fourth-order valence-corrected chi connectivity index (χ4v) is 2.39. The molecule has 0 bridgehead atoms. The summed E-state index contributed by atoms with van der Waals surface area (Å²) in [4.78, 5) is 2.33. The molecule has 2 aliphatic rings. The van der Waals surface area contributed by atoms with Crippen LogP contribution < -0.4 is 5.32 Å². The summed E-state index contributed by atoms with van der Waals surface area (Å²) in [6.07, 6.45) is 1.58. The van der Waals surface area contributed by atoms with Gasteiger partial charge in [-0.25, -0.2) is 0 Å². The van der Waals surface area contributed by atoms with Crippen molar-refractivity contribution in [3.05, 3.63) is 0 Å². The molecule has 0 aromatic heterocycles. The average molecular weight is 186 g/mol. The summed E-state index contributed by atoms with van der Waals surface area (Å²) in [5.74, 6) is 0. The maximum atomic E-state index is 9.46. The lowest BCUT2D eigenvalue weighted by Gasteiger charge is -2.35. The number of rotatable bonds is 2. The zero-order valence-corrected chi connectivity index (χ0v) is 7.82. The second kappa shape index (κ2) is 3.92. The summed E-state index contributed by atoms with van der Waals surface area (Å²) < 4.78 is 0. The quantitative estimate of drug-likeness (QED) is 0.506. The summed E-state index contributed by atoms with van der Waals surface area (Å²) in [5, 5.41) is 21.7. The molecule has 0 unspecified atom stereocenters. The number of aliphatic hydroxyl groups is 2. The van der Waals surface area contributed by atoms with Crippen LogP contribution in [0.3, 0.4) is 0 Å². The van der Waals surface area contributed by atoms with Gasteiger partial charge in [-0.15, -0.1) is 0 Å². The van der Waals surface area contributed by atoms with E-state index in [-0.39, 0.29) is 12.7 Å². The Hall–Kier alpha value is -0.160. The molecule has 0 spiro atoms. The molecule has 4 heteroatoms. The van der Waals surface area contributed by atoms with Crippen LogP contribution >= 0.6 is 0 Å². The minimum Gasteiger partial charge on any atom is -0.396 e. The number of nitrogens with zero attached hydrogens (tertiary/aromatic N) is 1. The van der Waals surface area contributed by atoms with Gasteiger partial charge in [0, 0.05) is 38.3 Å². The van der Waals surface area contributed by atoms with Gasteiger partial charge in [-0.2, -0.15) is 0 Å². The molecule has 0 aliphatic carbocycles. The van der Waals surface area contributed by atoms with Crippen molar-refractivity contribution in [3.8, 4) is 0 Å². The van der Waals surface area contributed by atoms with Crippen molar-refractivity contribution in [2.45, 2.75) is 31.0 Å². The first-order chi connectivity index (χ1) is 6.29. The van der Waals surface area contributed by atoms with Crippen molar-refractivity contribution in [2.24, 2.45) is 0 Å². The summed E-state index contributed by atoms with van der Waals surface area (Å²) in [7, 11) is 0. The Morgan fingerprint density at radius 3 is 3.00 bits per heavy atom. The molecule has 2 aliphatic heterocycles. The monoisotopic (exact) mass is 186 g/mol. The van der Waals surface area contributed by atoms with Gasteiger partial charge in [0.25, 0.3) is 0 Å². The fraction of sp³-hybridized carbons (Fsp3) is 1.00. The number of nitrogens with one attached hydrogen (secondary N) is 1. The van der Waals surface area contributed by atoms with Crippen LogP contribution in [0, 0.1) is 0 Å². The Balaban J connectivity index is 1.86. The summed E-state index contributed by atoms with van der Waals surface area (Å²) in [6, 6.07) is 0.927. The van der Waals surface area contributed by atoms with E-state index in [2.05, 4.69) is 10.2 Å². The molecule has 4 nitrogen and oxygen atoms in total. The smallest absolute Gasteiger partial charge is 0.0682 e. The third kappa shape index (κ3) is 2.02. The highest BCUT2D eigenvalue weighted by molar-refractivity contribution is 4.93. The topological polar surface area (TPSA) is 55.7 Å². The third-order valence-electron chi connectivity index (χ3n) is 3.08. The van der Waals surface area contributed by atoms with E-state index in [1.54, 1.807) is 0 Å². The van der Waals surface area contributed by atoms with Crippen molar-refractivity contribution in [1.82, 2.24) is 10.2 Å². The Morgan fingerprint density at radius 2 is 2.23 bits per heavy atom. The number of hydrogen-bond donors (Lipinski definition) is 3. The van der Waals surface area contributed by atoms with Crippen molar-refractivity contribution in [3.63, 3.8) is 0 Å². The normalized spacial score (nSPS) is 40.6. The van der Waals surface area contributed by atoms with Crippen LogP contribution in [0.2, 0.25) is 0 Å². The van der Waals surface area contributed by atoms with E-state index in [1.165, 1.54) is 0 Å². The lowest BCUT2D eigenvalue weighted by atomic mass is 10.1. The van der Waals surface area contributed by atoms with Crippen molar-refractivity contribution < 1.29 is 10.2 Å². The largest absolute Gasteiger partial charge is 0.396 e. The first-order valence-corrected chi connectivity index (χ1v) is 5.06. The Kier molecular flexibility index (Phi) is 2.83. The second-order valence-electron chi connectivity index (χ2n) is 4.11. The lowest BCUT2D eigenvalue weighted by molar-refractivity contribution is 0.141. The number of piperazine rings is 1. The number of aliphatic hydroxyl groups excluding tert-OH is 2. The van der Waals surface area contributed by atoms with Crippen LogP contribution in [-0.4, -0.2) is 59.5 Å². The van der Waals surface area contributed by atoms with Crippen molar-refractivity contribution >= 4 is 0 Å². The fourth-order valence-electron chi connectivity index (χ4n) is 2.39. The summed E-state index contributed by atoms with van der Waals surface area (Å²) >= 11 is 0. The molecular weight excluding hydrogens is 168 g/mol. The molecule has 2 saturated heterocycles. The van der Waals surface area contributed by atoms with Crippen LogP contribution in [-0.2, 0) is 0 Å². The summed E-state index contributed by atoms with van der Waals surface area (Å²) in [6.45, 7) is 3.00. The van der Waals surface area contributed by atoms with Gasteiger partial charge in [-0.05, 0) is 12.8 Å². The van der Waals surface area contributed by atoms with Crippen LogP contribution in [0.15, 0.2) is 0 Å².